The van der Waals surface area contributed by atoms with Crippen molar-refractivity contribution in [2.75, 3.05) is 5.32 Å². The Hall–Kier alpha value is -2.53. The lowest BCUT2D eigenvalue weighted by atomic mass is 10.1. The number of thioether (sulfide) groups is 1. The number of nitrogens with one attached hydrogen (secondary N) is 2. The van der Waals surface area contributed by atoms with Crippen molar-refractivity contribution in [1.82, 2.24) is 5.32 Å². The lowest BCUT2D eigenvalue weighted by Gasteiger charge is -2.20. The largest absolute Gasteiger partial charge is 0.350 e. The molecule has 1 atom stereocenters. The molecule has 0 aromatic heterocycles. The van der Waals surface area contributed by atoms with Crippen molar-refractivity contribution in [2.45, 2.75) is 38.1 Å². The number of hydrogen-bond donors (Lipinski definition) is 2. The first-order valence-electron chi connectivity index (χ1n) is 8.68. The highest BCUT2D eigenvalue weighted by Gasteiger charge is 2.22. The molecule has 1 aliphatic heterocycles. The van der Waals surface area contributed by atoms with Gasteiger partial charge in [0.25, 0.3) is 11.8 Å². The Kier molecular flexibility index (Phi) is 5.47. The Morgan fingerprint density at radius 1 is 1.23 bits per heavy atom. The van der Waals surface area contributed by atoms with Crippen molar-refractivity contribution >= 4 is 35.3 Å². The van der Waals surface area contributed by atoms with Gasteiger partial charge >= 0.3 is 0 Å². The van der Waals surface area contributed by atoms with Crippen LogP contribution in [0.1, 0.15) is 41.8 Å². The van der Waals surface area contributed by atoms with Crippen LogP contribution in [-0.4, -0.2) is 17.9 Å². The third-order valence-corrected chi connectivity index (χ3v) is 5.40. The summed E-state index contributed by atoms with van der Waals surface area (Å²) in [6.45, 7) is 6.02. The SMILES string of the molecule is CC[C@@H](C)NC(=O)c1ccc2c(c1)NC(=O)/C(=C\c1ccc(C)cc1)S2. The summed E-state index contributed by atoms with van der Waals surface area (Å²) < 4.78 is 0. The molecule has 4 nitrogen and oxygen atoms in total. The van der Waals surface area contributed by atoms with Crippen molar-refractivity contribution in [1.29, 1.82) is 0 Å². The average molecular weight is 366 g/mol. The van der Waals surface area contributed by atoms with Crippen molar-refractivity contribution in [3.05, 3.63) is 64.1 Å². The molecule has 0 unspecified atom stereocenters. The molecular formula is C21H22N2O2S. The monoisotopic (exact) mass is 366 g/mol. The number of fused-ring (bicyclic) bond motifs is 1. The van der Waals surface area contributed by atoms with Gasteiger partial charge in [-0.2, -0.15) is 0 Å². The third-order valence-electron chi connectivity index (χ3n) is 4.30. The third kappa shape index (κ3) is 4.17. The molecule has 134 valence electrons. The van der Waals surface area contributed by atoms with E-state index in [0.29, 0.717) is 16.2 Å². The number of benzene rings is 2. The summed E-state index contributed by atoms with van der Waals surface area (Å²) in [5.41, 5.74) is 3.40. The molecule has 3 rings (SSSR count). The van der Waals surface area contributed by atoms with E-state index in [4.69, 9.17) is 0 Å². The van der Waals surface area contributed by atoms with Crippen molar-refractivity contribution < 1.29 is 9.59 Å². The summed E-state index contributed by atoms with van der Waals surface area (Å²) in [6.07, 6.45) is 2.75. The second-order valence-corrected chi connectivity index (χ2v) is 7.55. The molecule has 0 saturated heterocycles. The number of rotatable bonds is 4. The zero-order chi connectivity index (χ0) is 18.7. The van der Waals surface area contributed by atoms with Gasteiger partial charge in [-0.3, -0.25) is 9.59 Å². The van der Waals surface area contributed by atoms with Crippen LogP contribution in [0.15, 0.2) is 52.3 Å². The van der Waals surface area contributed by atoms with Crippen LogP contribution in [-0.2, 0) is 4.79 Å². The second-order valence-electron chi connectivity index (χ2n) is 6.47. The number of amides is 2. The van der Waals surface area contributed by atoms with Crippen molar-refractivity contribution in [3.8, 4) is 0 Å². The van der Waals surface area contributed by atoms with Crippen molar-refractivity contribution in [3.63, 3.8) is 0 Å². The lowest BCUT2D eigenvalue weighted by molar-refractivity contribution is -0.112. The van der Waals surface area contributed by atoms with Crippen LogP contribution in [0.5, 0.6) is 0 Å². The smallest absolute Gasteiger partial charge is 0.262 e. The topological polar surface area (TPSA) is 58.2 Å². The molecule has 0 radical (unpaired) electrons. The van der Waals surface area contributed by atoms with E-state index in [1.807, 2.05) is 57.2 Å². The van der Waals surface area contributed by atoms with Gasteiger partial charge in [-0.25, -0.2) is 0 Å². The number of carbonyl (C=O) groups is 2. The molecule has 5 heteroatoms. The fraction of sp³-hybridized carbons (Fsp3) is 0.238. The minimum absolute atomic E-state index is 0.117. The van der Waals surface area contributed by atoms with Gasteiger partial charge in [0.05, 0.1) is 10.6 Å². The molecule has 2 aromatic carbocycles. The summed E-state index contributed by atoms with van der Waals surface area (Å²) in [4.78, 5) is 26.3. The summed E-state index contributed by atoms with van der Waals surface area (Å²) in [5.74, 6) is -0.273. The van der Waals surface area contributed by atoms with Crippen LogP contribution in [0, 0.1) is 6.92 Å². The van der Waals surface area contributed by atoms with E-state index in [1.54, 1.807) is 12.1 Å². The number of aryl methyl sites for hydroxylation is 1. The molecule has 2 amide bonds. The quantitative estimate of drug-likeness (QED) is 0.777. The first kappa shape index (κ1) is 18.3. The molecular weight excluding hydrogens is 344 g/mol. The molecule has 0 spiro atoms. The lowest BCUT2D eigenvalue weighted by Crippen LogP contribution is -2.32. The Balaban J connectivity index is 1.81. The van der Waals surface area contributed by atoms with Gasteiger partial charge < -0.3 is 10.6 Å². The Morgan fingerprint density at radius 2 is 1.96 bits per heavy atom. The number of carbonyl (C=O) groups excluding carboxylic acids is 2. The molecule has 0 aliphatic carbocycles. The predicted molar refractivity (Wildman–Crippen MR) is 107 cm³/mol. The first-order chi connectivity index (χ1) is 12.5. The summed E-state index contributed by atoms with van der Waals surface area (Å²) in [6, 6.07) is 13.6. The normalized spacial score (nSPS) is 16.0. The van der Waals surface area contributed by atoms with E-state index >= 15 is 0 Å². The van der Waals surface area contributed by atoms with Crippen molar-refractivity contribution in [2.24, 2.45) is 0 Å². The number of anilines is 1. The molecule has 0 fully saturated rings. The van der Waals surface area contributed by atoms with Gasteiger partial charge in [0.15, 0.2) is 0 Å². The maximum absolute atomic E-state index is 12.4. The maximum atomic E-state index is 12.4. The Bertz CT molecular complexity index is 872. The van der Waals surface area contributed by atoms with Crippen LogP contribution in [0.25, 0.3) is 6.08 Å². The summed E-state index contributed by atoms with van der Waals surface area (Å²) in [7, 11) is 0. The van der Waals surface area contributed by atoms with Gasteiger partial charge in [-0.05, 0) is 50.1 Å². The number of hydrogen-bond acceptors (Lipinski definition) is 3. The molecule has 0 bridgehead atoms. The molecule has 2 N–H and O–H groups in total. The zero-order valence-electron chi connectivity index (χ0n) is 15.1. The summed E-state index contributed by atoms with van der Waals surface area (Å²) >= 11 is 1.42. The maximum Gasteiger partial charge on any atom is 0.262 e. The van der Waals surface area contributed by atoms with Gasteiger partial charge in [-0.1, -0.05) is 48.5 Å². The fourth-order valence-corrected chi connectivity index (χ4v) is 3.46. The van der Waals surface area contributed by atoms with Crippen LogP contribution in [0.3, 0.4) is 0 Å². The van der Waals surface area contributed by atoms with Gasteiger partial charge in [0, 0.05) is 16.5 Å². The van der Waals surface area contributed by atoms with Crippen LogP contribution in [0.2, 0.25) is 0 Å². The zero-order valence-corrected chi connectivity index (χ0v) is 15.9. The Morgan fingerprint density at radius 3 is 2.65 bits per heavy atom. The van der Waals surface area contributed by atoms with Crippen LogP contribution in [0.4, 0.5) is 5.69 Å². The van der Waals surface area contributed by atoms with Crippen LogP contribution >= 0.6 is 11.8 Å². The van der Waals surface area contributed by atoms with E-state index in [1.165, 1.54) is 17.3 Å². The predicted octanol–water partition coefficient (Wildman–Crippen LogP) is 4.61. The first-order valence-corrected chi connectivity index (χ1v) is 9.50. The van der Waals surface area contributed by atoms with Gasteiger partial charge in [0.2, 0.25) is 0 Å². The average Bonchev–Trinajstić information content (AvgIpc) is 2.63. The minimum atomic E-state index is -0.150. The van der Waals surface area contributed by atoms with Gasteiger partial charge in [0.1, 0.15) is 0 Å². The van der Waals surface area contributed by atoms with Crippen LogP contribution < -0.4 is 10.6 Å². The van der Waals surface area contributed by atoms with E-state index in [2.05, 4.69) is 10.6 Å². The van der Waals surface area contributed by atoms with E-state index in [-0.39, 0.29) is 17.9 Å². The summed E-state index contributed by atoms with van der Waals surface area (Å²) in [5, 5.41) is 5.84. The fourth-order valence-electron chi connectivity index (χ4n) is 2.52. The molecule has 0 saturated carbocycles. The molecule has 1 heterocycles. The highest BCUT2D eigenvalue weighted by molar-refractivity contribution is 8.04. The standard InChI is InChI=1S/C21H22N2O2S/c1-4-14(3)22-20(24)16-9-10-18-17(12-16)23-21(25)19(26-18)11-15-7-5-13(2)6-8-15/h5-12,14H,4H2,1-3H3,(H,22,24)(H,23,25)/b19-11+/t14-/m1/s1. The van der Waals surface area contributed by atoms with E-state index < -0.39 is 0 Å². The van der Waals surface area contributed by atoms with Gasteiger partial charge in [-0.15, -0.1) is 0 Å². The van der Waals surface area contributed by atoms with E-state index in [0.717, 1.165) is 16.9 Å². The molecule has 2 aromatic rings. The highest BCUT2D eigenvalue weighted by Crippen LogP contribution is 2.39. The molecule has 26 heavy (non-hydrogen) atoms. The second kappa shape index (κ2) is 7.79. The Labute approximate surface area is 158 Å². The molecule has 1 aliphatic rings. The minimum Gasteiger partial charge on any atom is -0.350 e. The van der Waals surface area contributed by atoms with E-state index in [9.17, 15) is 9.59 Å². The highest BCUT2D eigenvalue weighted by atomic mass is 32.2.